The number of rotatable bonds is 9. The maximum absolute atomic E-state index is 12.5. The van der Waals surface area contributed by atoms with Crippen LogP contribution in [-0.2, 0) is 10.0 Å². The van der Waals surface area contributed by atoms with Crippen molar-refractivity contribution in [2.75, 3.05) is 26.9 Å². The second kappa shape index (κ2) is 8.91. The highest BCUT2D eigenvalue weighted by atomic mass is 32.2. The molecule has 0 heterocycles. The first kappa shape index (κ1) is 20.1. The van der Waals surface area contributed by atoms with Gasteiger partial charge in [0.2, 0.25) is 10.0 Å². The summed E-state index contributed by atoms with van der Waals surface area (Å²) < 4.78 is 43.8. The molecule has 7 heteroatoms. The molecule has 0 saturated carbocycles. The van der Waals surface area contributed by atoms with E-state index < -0.39 is 10.0 Å². The molecule has 2 aromatic rings. The molecule has 0 aromatic heterocycles. The largest absolute Gasteiger partial charge is 0.495 e. The summed E-state index contributed by atoms with van der Waals surface area (Å²) in [5, 5.41) is 0. The monoisotopic (exact) mass is 379 g/mol. The molecule has 0 bridgehead atoms. The lowest BCUT2D eigenvalue weighted by atomic mass is 10.1. The summed E-state index contributed by atoms with van der Waals surface area (Å²) in [5.41, 5.74) is 1.86. The van der Waals surface area contributed by atoms with Crippen LogP contribution in [-0.4, -0.2) is 35.3 Å². The molecule has 0 aliphatic carbocycles. The minimum Gasteiger partial charge on any atom is -0.495 e. The summed E-state index contributed by atoms with van der Waals surface area (Å²) in [6, 6.07) is 10.5. The van der Waals surface area contributed by atoms with Gasteiger partial charge in [-0.1, -0.05) is 0 Å². The molecule has 26 heavy (non-hydrogen) atoms. The Hall–Kier alpha value is -2.25. The van der Waals surface area contributed by atoms with Gasteiger partial charge in [-0.05, 0) is 68.3 Å². The van der Waals surface area contributed by atoms with E-state index in [1.54, 1.807) is 24.3 Å². The van der Waals surface area contributed by atoms with E-state index in [9.17, 15) is 8.42 Å². The first-order valence-corrected chi connectivity index (χ1v) is 9.86. The van der Waals surface area contributed by atoms with Crippen LogP contribution in [0, 0.1) is 13.8 Å². The number of hydrogen-bond acceptors (Lipinski definition) is 5. The highest BCUT2D eigenvalue weighted by Gasteiger charge is 2.20. The summed E-state index contributed by atoms with van der Waals surface area (Å²) in [7, 11) is -2.23. The van der Waals surface area contributed by atoms with Gasteiger partial charge in [0.25, 0.3) is 0 Å². The number of aryl methyl sites for hydroxylation is 2. The van der Waals surface area contributed by atoms with Crippen LogP contribution >= 0.6 is 0 Å². The third kappa shape index (κ3) is 5.12. The number of hydrogen-bond donors (Lipinski definition) is 1. The second-order valence-electron chi connectivity index (χ2n) is 5.74. The minimum atomic E-state index is -3.69. The average Bonchev–Trinajstić information content (AvgIpc) is 2.62. The topological polar surface area (TPSA) is 73.9 Å². The quantitative estimate of drug-likeness (QED) is 0.678. The van der Waals surface area contributed by atoms with Gasteiger partial charge in [0.05, 0.1) is 13.7 Å². The molecule has 0 atom stereocenters. The molecule has 2 aromatic carbocycles. The molecular weight excluding hydrogens is 354 g/mol. The van der Waals surface area contributed by atoms with E-state index in [4.69, 9.17) is 14.2 Å². The van der Waals surface area contributed by atoms with Gasteiger partial charge < -0.3 is 14.2 Å². The maximum Gasteiger partial charge on any atom is 0.244 e. The zero-order valence-electron chi connectivity index (χ0n) is 15.5. The normalized spacial score (nSPS) is 11.2. The fraction of sp³-hybridized carbons (Fsp3) is 0.368. The van der Waals surface area contributed by atoms with E-state index in [1.165, 1.54) is 7.11 Å². The van der Waals surface area contributed by atoms with Crippen LogP contribution in [0.4, 0.5) is 0 Å². The Morgan fingerprint density at radius 1 is 0.962 bits per heavy atom. The number of ether oxygens (including phenoxy) is 3. The first-order chi connectivity index (χ1) is 12.4. The predicted octanol–water partition coefficient (Wildman–Crippen LogP) is 3.07. The van der Waals surface area contributed by atoms with Crippen LogP contribution in [0.25, 0.3) is 0 Å². The van der Waals surface area contributed by atoms with Crippen LogP contribution in [0.5, 0.6) is 17.2 Å². The predicted molar refractivity (Wildman–Crippen MR) is 101 cm³/mol. The molecule has 0 aliphatic heterocycles. The lowest BCUT2D eigenvalue weighted by Crippen LogP contribution is -2.28. The van der Waals surface area contributed by atoms with E-state index in [0.717, 1.165) is 16.9 Å². The Morgan fingerprint density at radius 3 is 2.12 bits per heavy atom. The molecule has 0 saturated heterocycles. The Bertz CT molecular complexity index is 832. The van der Waals surface area contributed by atoms with Gasteiger partial charge in [-0.25, -0.2) is 13.1 Å². The van der Waals surface area contributed by atoms with Crippen LogP contribution in [0.3, 0.4) is 0 Å². The molecule has 1 N–H and O–H groups in total. The Kier molecular flexibility index (Phi) is 6.88. The Labute approximate surface area is 155 Å². The molecule has 0 amide bonds. The van der Waals surface area contributed by atoms with Gasteiger partial charge in [-0.15, -0.1) is 0 Å². The van der Waals surface area contributed by atoms with Crippen LogP contribution < -0.4 is 18.9 Å². The van der Waals surface area contributed by atoms with Gasteiger partial charge in [0.15, 0.2) is 0 Å². The third-order valence-electron chi connectivity index (χ3n) is 3.87. The molecular formula is C19H25NO5S. The molecule has 2 rings (SSSR count). The molecule has 0 radical (unpaired) electrons. The molecule has 0 spiro atoms. The van der Waals surface area contributed by atoms with Crippen molar-refractivity contribution in [1.29, 1.82) is 0 Å². The zero-order chi connectivity index (χ0) is 19.2. The smallest absolute Gasteiger partial charge is 0.244 e. The van der Waals surface area contributed by atoms with Gasteiger partial charge in [-0.2, -0.15) is 0 Å². The zero-order valence-corrected chi connectivity index (χ0v) is 16.4. The van der Waals surface area contributed by atoms with Crippen molar-refractivity contribution in [2.45, 2.75) is 25.7 Å². The van der Waals surface area contributed by atoms with E-state index in [1.807, 2.05) is 32.9 Å². The number of sulfonamides is 1. The van der Waals surface area contributed by atoms with Crippen LogP contribution in [0.1, 0.15) is 18.1 Å². The molecule has 0 unspecified atom stereocenters. The maximum atomic E-state index is 12.5. The summed E-state index contributed by atoms with van der Waals surface area (Å²) >= 11 is 0. The Balaban J connectivity index is 1.95. The van der Waals surface area contributed by atoms with Crippen molar-refractivity contribution in [3.05, 3.63) is 47.5 Å². The van der Waals surface area contributed by atoms with E-state index in [2.05, 4.69) is 4.72 Å². The van der Waals surface area contributed by atoms with Gasteiger partial charge in [-0.3, -0.25) is 0 Å². The minimum absolute atomic E-state index is 0.129. The van der Waals surface area contributed by atoms with Crippen molar-refractivity contribution in [1.82, 2.24) is 4.72 Å². The number of methoxy groups -OCH3 is 1. The lowest BCUT2D eigenvalue weighted by molar-refractivity contribution is 0.319. The highest BCUT2D eigenvalue weighted by molar-refractivity contribution is 7.89. The molecule has 142 valence electrons. The first-order valence-electron chi connectivity index (χ1n) is 8.38. The lowest BCUT2D eigenvalue weighted by Gasteiger charge is -2.13. The van der Waals surface area contributed by atoms with Gasteiger partial charge in [0.1, 0.15) is 28.8 Å². The fourth-order valence-corrected chi connectivity index (χ4v) is 3.60. The molecule has 6 nitrogen and oxygen atoms in total. The fourth-order valence-electron chi connectivity index (χ4n) is 2.35. The standard InChI is InChI=1S/C19H25NO5S/c1-5-24-16-6-8-17(9-7-16)25-11-10-20-26(21,22)19-13-15(3)14(2)12-18(19)23-4/h6-9,12-13,20H,5,10-11H2,1-4H3. The van der Waals surface area contributed by atoms with Gasteiger partial charge >= 0.3 is 0 Å². The van der Waals surface area contributed by atoms with Crippen molar-refractivity contribution >= 4 is 10.0 Å². The SMILES string of the molecule is CCOc1ccc(OCCNS(=O)(=O)c2cc(C)c(C)cc2OC)cc1. The molecule has 0 aliphatic rings. The number of benzene rings is 2. The second-order valence-corrected chi connectivity index (χ2v) is 7.47. The summed E-state index contributed by atoms with van der Waals surface area (Å²) in [5.74, 6) is 1.74. The Morgan fingerprint density at radius 2 is 1.54 bits per heavy atom. The van der Waals surface area contributed by atoms with Crippen molar-refractivity contribution in [3.63, 3.8) is 0 Å². The summed E-state index contributed by atoms with van der Waals surface area (Å²) in [6.45, 7) is 6.64. The van der Waals surface area contributed by atoms with Gasteiger partial charge in [0, 0.05) is 6.54 Å². The summed E-state index contributed by atoms with van der Waals surface area (Å²) in [6.07, 6.45) is 0. The van der Waals surface area contributed by atoms with E-state index >= 15 is 0 Å². The van der Waals surface area contributed by atoms with Crippen molar-refractivity contribution < 1.29 is 22.6 Å². The molecule has 0 fully saturated rings. The van der Waals surface area contributed by atoms with Crippen LogP contribution in [0.15, 0.2) is 41.3 Å². The highest BCUT2D eigenvalue weighted by Crippen LogP contribution is 2.27. The third-order valence-corrected chi connectivity index (χ3v) is 5.35. The van der Waals surface area contributed by atoms with E-state index in [-0.39, 0.29) is 18.0 Å². The van der Waals surface area contributed by atoms with Crippen molar-refractivity contribution in [3.8, 4) is 17.2 Å². The average molecular weight is 379 g/mol. The summed E-state index contributed by atoms with van der Waals surface area (Å²) in [4.78, 5) is 0.129. The van der Waals surface area contributed by atoms with Crippen molar-refractivity contribution in [2.24, 2.45) is 0 Å². The van der Waals surface area contributed by atoms with Crippen LogP contribution in [0.2, 0.25) is 0 Å². The van der Waals surface area contributed by atoms with E-state index in [0.29, 0.717) is 18.1 Å². The number of nitrogens with one attached hydrogen (secondary N) is 1.